The van der Waals surface area contributed by atoms with Crippen LogP contribution in [0.15, 0.2) is 91.0 Å². The quantitative estimate of drug-likeness (QED) is 0.173. The molecule has 240 valence electrons. The number of piperazine rings is 1. The second-order valence-electron chi connectivity index (χ2n) is 12.0. The molecule has 0 bridgehead atoms. The lowest BCUT2D eigenvalue weighted by Crippen LogP contribution is -2.44. The van der Waals surface area contributed by atoms with Crippen molar-refractivity contribution < 1.29 is 9.59 Å². The fraction of sp³-hybridized carbons (Fsp3) is 0.250. The molecule has 3 aromatic carbocycles. The Labute approximate surface area is 274 Å². The predicted molar refractivity (Wildman–Crippen MR) is 187 cm³/mol. The van der Waals surface area contributed by atoms with Gasteiger partial charge in [0.05, 0.1) is 11.1 Å². The van der Waals surface area contributed by atoms with Crippen LogP contribution in [0.25, 0.3) is 22.3 Å². The number of amides is 1. The number of allylic oxidation sites excluding steroid dienone is 1. The highest BCUT2D eigenvalue weighted by atomic mass is 16.2. The lowest BCUT2D eigenvalue weighted by atomic mass is 10.0. The maximum absolute atomic E-state index is 13.5. The van der Waals surface area contributed by atoms with E-state index < -0.39 is 0 Å². The molecular formula is C36H39N9O2. The molecule has 0 aliphatic carbocycles. The number of rotatable bonds is 11. The zero-order valence-electron chi connectivity index (χ0n) is 26.9. The van der Waals surface area contributed by atoms with E-state index in [1.807, 2.05) is 91.8 Å². The summed E-state index contributed by atoms with van der Waals surface area (Å²) in [5.41, 5.74) is 5.32. The van der Waals surface area contributed by atoms with Crippen molar-refractivity contribution in [2.75, 3.05) is 69.4 Å². The van der Waals surface area contributed by atoms with Crippen molar-refractivity contribution in [3.05, 3.63) is 102 Å². The van der Waals surface area contributed by atoms with E-state index in [0.29, 0.717) is 34.9 Å². The number of carbonyl (C=O) groups excluding carboxylic acids is 2. The van der Waals surface area contributed by atoms with Crippen molar-refractivity contribution in [2.45, 2.75) is 6.42 Å². The highest BCUT2D eigenvalue weighted by Crippen LogP contribution is 2.31. The molecule has 3 heterocycles. The van der Waals surface area contributed by atoms with Crippen LogP contribution in [0, 0.1) is 0 Å². The Kier molecular flexibility index (Phi) is 9.65. The van der Waals surface area contributed by atoms with E-state index in [1.54, 1.807) is 6.08 Å². The summed E-state index contributed by atoms with van der Waals surface area (Å²) in [6, 6.07) is 25.1. The van der Waals surface area contributed by atoms with Gasteiger partial charge in [0.15, 0.2) is 11.4 Å². The third kappa shape index (κ3) is 7.89. The van der Waals surface area contributed by atoms with Gasteiger partial charge in [-0.1, -0.05) is 48.5 Å². The Balaban J connectivity index is 1.35. The molecule has 2 aromatic heterocycles. The Morgan fingerprint density at radius 2 is 1.68 bits per heavy atom. The Morgan fingerprint density at radius 3 is 2.47 bits per heavy atom. The van der Waals surface area contributed by atoms with Crippen LogP contribution in [0.2, 0.25) is 0 Å². The minimum absolute atomic E-state index is 0.00524. The number of para-hydroxylation sites is 1. The topological polar surface area (TPSA) is 122 Å². The Morgan fingerprint density at radius 1 is 0.915 bits per heavy atom. The minimum Gasteiger partial charge on any atom is -0.369 e. The monoisotopic (exact) mass is 629 g/mol. The number of aromatic amines is 1. The third-order valence-corrected chi connectivity index (χ3v) is 8.00. The molecule has 1 aliphatic rings. The summed E-state index contributed by atoms with van der Waals surface area (Å²) in [5, 5.41) is 14.1. The molecule has 5 aromatic rings. The Hall–Kier alpha value is -5.39. The van der Waals surface area contributed by atoms with Gasteiger partial charge in [0.25, 0.3) is 5.91 Å². The predicted octanol–water partition coefficient (Wildman–Crippen LogP) is 5.00. The van der Waals surface area contributed by atoms with E-state index in [0.717, 1.165) is 48.7 Å². The number of hydrogen-bond donors (Lipinski definition) is 3. The minimum atomic E-state index is -0.360. The Bertz CT molecular complexity index is 1890. The van der Waals surface area contributed by atoms with Gasteiger partial charge in [-0.15, -0.1) is 0 Å². The standard InChI is InChI=1S/C36H39N9O2/c1-43(2)17-9-16-30(46)23-25-10-7-11-26(22-25)32-31-33(35(47)37-27-12-5-4-6-13-27)41-42-34(31)40-36(39-32)38-28-14-8-15-29(24-28)45-20-18-44(3)19-21-45/h4-16,22,24H,17-21,23H2,1-3H3,(H,37,47)(H2,38,39,40,41,42)/b16-9+. The van der Waals surface area contributed by atoms with Crippen LogP contribution in [0.3, 0.4) is 0 Å². The number of anilines is 4. The lowest BCUT2D eigenvalue weighted by Gasteiger charge is -2.34. The summed E-state index contributed by atoms with van der Waals surface area (Å²) in [7, 11) is 6.06. The number of H-pyrrole nitrogens is 1. The molecular weight excluding hydrogens is 590 g/mol. The fourth-order valence-corrected chi connectivity index (χ4v) is 5.53. The molecule has 0 spiro atoms. The first-order chi connectivity index (χ1) is 22.8. The first kappa shape index (κ1) is 31.6. The number of aromatic nitrogens is 4. The molecule has 0 unspecified atom stereocenters. The number of likely N-dealkylation sites (N-methyl/N-ethyl adjacent to an activating group) is 2. The number of nitrogens with one attached hydrogen (secondary N) is 3. The number of fused-ring (bicyclic) bond motifs is 1. The summed E-state index contributed by atoms with van der Waals surface area (Å²) >= 11 is 0. The van der Waals surface area contributed by atoms with Crippen molar-refractivity contribution in [2.24, 2.45) is 0 Å². The van der Waals surface area contributed by atoms with Gasteiger partial charge in [-0.05, 0) is 69.2 Å². The molecule has 1 fully saturated rings. The van der Waals surface area contributed by atoms with Crippen molar-refractivity contribution in [3.8, 4) is 11.3 Å². The van der Waals surface area contributed by atoms with E-state index in [9.17, 15) is 9.59 Å². The van der Waals surface area contributed by atoms with E-state index in [-0.39, 0.29) is 23.8 Å². The second kappa shape index (κ2) is 14.4. The molecule has 0 saturated carbocycles. The van der Waals surface area contributed by atoms with Crippen LogP contribution < -0.4 is 15.5 Å². The van der Waals surface area contributed by atoms with Gasteiger partial charge in [-0.3, -0.25) is 14.7 Å². The first-order valence-corrected chi connectivity index (χ1v) is 15.7. The summed E-state index contributed by atoms with van der Waals surface area (Å²) in [6.07, 6.45) is 3.72. The van der Waals surface area contributed by atoms with Gasteiger partial charge in [-0.25, -0.2) is 4.98 Å². The van der Waals surface area contributed by atoms with Crippen LogP contribution in [0.4, 0.5) is 23.0 Å². The van der Waals surface area contributed by atoms with Crippen molar-refractivity contribution in [1.29, 1.82) is 0 Å². The van der Waals surface area contributed by atoms with Gasteiger partial charge in [0, 0.05) is 61.8 Å². The molecule has 1 aliphatic heterocycles. The highest BCUT2D eigenvalue weighted by molar-refractivity contribution is 6.13. The second-order valence-corrected chi connectivity index (χ2v) is 12.0. The zero-order valence-corrected chi connectivity index (χ0v) is 26.9. The number of carbonyl (C=O) groups is 2. The van der Waals surface area contributed by atoms with Crippen LogP contribution >= 0.6 is 0 Å². The zero-order chi connectivity index (χ0) is 32.8. The lowest BCUT2D eigenvalue weighted by molar-refractivity contribution is -0.114. The molecule has 6 rings (SSSR count). The normalized spacial score (nSPS) is 13.8. The summed E-state index contributed by atoms with van der Waals surface area (Å²) in [6.45, 7) is 4.62. The average Bonchev–Trinajstić information content (AvgIpc) is 3.49. The summed E-state index contributed by atoms with van der Waals surface area (Å²) < 4.78 is 0. The van der Waals surface area contributed by atoms with Gasteiger partial charge in [0.2, 0.25) is 5.95 Å². The van der Waals surface area contributed by atoms with Gasteiger partial charge < -0.3 is 25.3 Å². The number of benzene rings is 3. The average molecular weight is 630 g/mol. The van der Waals surface area contributed by atoms with Gasteiger partial charge in [-0.2, -0.15) is 10.1 Å². The summed E-state index contributed by atoms with van der Waals surface area (Å²) in [5.74, 6) is -0.00944. The van der Waals surface area contributed by atoms with E-state index in [1.165, 1.54) is 0 Å². The summed E-state index contributed by atoms with van der Waals surface area (Å²) in [4.78, 5) is 42.6. The van der Waals surface area contributed by atoms with Crippen molar-refractivity contribution in [1.82, 2.24) is 30.0 Å². The van der Waals surface area contributed by atoms with Crippen LogP contribution in [0.1, 0.15) is 16.1 Å². The number of nitrogens with zero attached hydrogens (tertiary/aromatic N) is 6. The molecule has 11 heteroatoms. The molecule has 1 saturated heterocycles. The molecule has 47 heavy (non-hydrogen) atoms. The number of ketones is 1. The molecule has 3 N–H and O–H groups in total. The molecule has 11 nitrogen and oxygen atoms in total. The first-order valence-electron chi connectivity index (χ1n) is 15.7. The van der Waals surface area contributed by atoms with Crippen LogP contribution in [0.5, 0.6) is 0 Å². The fourth-order valence-electron chi connectivity index (χ4n) is 5.53. The van der Waals surface area contributed by atoms with Crippen molar-refractivity contribution in [3.63, 3.8) is 0 Å². The number of hydrogen-bond acceptors (Lipinski definition) is 9. The third-order valence-electron chi connectivity index (χ3n) is 8.00. The van der Waals surface area contributed by atoms with Gasteiger partial charge >= 0.3 is 0 Å². The molecule has 1 amide bonds. The highest BCUT2D eigenvalue weighted by Gasteiger charge is 2.22. The molecule has 0 atom stereocenters. The van der Waals surface area contributed by atoms with E-state index >= 15 is 0 Å². The van der Waals surface area contributed by atoms with E-state index in [2.05, 4.69) is 49.8 Å². The van der Waals surface area contributed by atoms with Gasteiger partial charge in [0.1, 0.15) is 5.69 Å². The smallest absolute Gasteiger partial charge is 0.274 e. The van der Waals surface area contributed by atoms with Crippen LogP contribution in [-0.2, 0) is 11.2 Å². The van der Waals surface area contributed by atoms with Crippen molar-refractivity contribution >= 4 is 45.7 Å². The maximum Gasteiger partial charge on any atom is 0.274 e. The largest absolute Gasteiger partial charge is 0.369 e. The SMILES string of the molecule is CN(C)C/C=C/C(=O)Cc1cccc(-c2nc(Nc3cccc(N4CCN(C)CC4)c3)nc3n[nH]c(C(=O)Nc4ccccc4)c23)c1. The maximum atomic E-state index is 13.5. The van der Waals surface area contributed by atoms with E-state index in [4.69, 9.17) is 9.97 Å². The van der Waals surface area contributed by atoms with Crippen LogP contribution in [-0.4, -0.2) is 95.5 Å². The molecule has 0 radical (unpaired) electrons.